The minimum atomic E-state index is -0.196. The molecule has 0 aliphatic carbocycles. The van der Waals surface area contributed by atoms with E-state index in [2.05, 4.69) is 10.1 Å². The zero-order valence-electron chi connectivity index (χ0n) is 18.2. The standard InChI is InChI=1S/C26H23N5O2/c1-33-22-9-7-20(8-10-22)25-17-23(19-5-3-2-4-6-19)29-31(25)26(32)18-30-24(13-16-28-30)21-11-14-27-15-12-21/h2-16,25H,17-18H2,1H3. The van der Waals surface area contributed by atoms with Gasteiger partial charge < -0.3 is 4.74 Å². The Morgan fingerprint density at radius 3 is 2.42 bits per heavy atom. The first-order valence-corrected chi connectivity index (χ1v) is 10.7. The van der Waals surface area contributed by atoms with Gasteiger partial charge in [-0.05, 0) is 41.5 Å². The van der Waals surface area contributed by atoms with Crippen LogP contribution in [0.5, 0.6) is 5.75 Å². The lowest BCUT2D eigenvalue weighted by Crippen LogP contribution is -2.30. The maximum Gasteiger partial charge on any atom is 0.264 e. The first kappa shape index (κ1) is 20.6. The smallest absolute Gasteiger partial charge is 0.264 e. The average molecular weight is 438 g/mol. The van der Waals surface area contributed by atoms with Gasteiger partial charge in [-0.15, -0.1) is 0 Å². The Kier molecular flexibility index (Phi) is 5.68. The van der Waals surface area contributed by atoms with E-state index in [4.69, 9.17) is 9.84 Å². The number of hydrogen-bond acceptors (Lipinski definition) is 5. The van der Waals surface area contributed by atoms with Crippen molar-refractivity contribution in [1.29, 1.82) is 0 Å². The Bertz CT molecular complexity index is 1270. The first-order valence-electron chi connectivity index (χ1n) is 10.7. The van der Waals surface area contributed by atoms with Crippen molar-refractivity contribution in [3.8, 4) is 17.0 Å². The molecule has 3 heterocycles. The summed E-state index contributed by atoms with van der Waals surface area (Å²) in [5, 5.41) is 10.7. The van der Waals surface area contributed by atoms with Gasteiger partial charge in [-0.25, -0.2) is 5.01 Å². The summed E-state index contributed by atoms with van der Waals surface area (Å²) in [6.07, 6.45) is 5.79. The molecule has 1 aliphatic rings. The van der Waals surface area contributed by atoms with Crippen LogP contribution in [0.15, 0.2) is 96.5 Å². The van der Waals surface area contributed by atoms with Crippen LogP contribution in [0.3, 0.4) is 0 Å². The Morgan fingerprint density at radius 1 is 0.939 bits per heavy atom. The highest BCUT2D eigenvalue weighted by atomic mass is 16.5. The summed E-state index contributed by atoms with van der Waals surface area (Å²) in [4.78, 5) is 17.6. The Balaban J connectivity index is 1.45. The molecule has 1 amide bonds. The molecule has 0 N–H and O–H groups in total. The first-order chi connectivity index (χ1) is 16.2. The number of amides is 1. The maximum atomic E-state index is 13.5. The number of hydrogen-bond donors (Lipinski definition) is 0. The van der Waals surface area contributed by atoms with E-state index >= 15 is 0 Å². The molecule has 33 heavy (non-hydrogen) atoms. The molecule has 0 saturated heterocycles. The van der Waals surface area contributed by atoms with E-state index in [1.165, 1.54) is 0 Å². The lowest BCUT2D eigenvalue weighted by molar-refractivity contribution is -0.133. The summed E-state index contributed by atoms with van der Waals surface area (Å²) in [7, 11) is 1.64. The normalized spacial score (nSPS) is 15.4. The van der Waals surface area contributed by atoms with Gasteiger partial charge in [0.15, 0.2) is 0 Å². The highest BCUT2D eigenvalue weighted by Crippen LogP contribution is 2.34. The van der Waals surface area contributed by atoms with Gasteiger partial charge in [0.1, 0.15) is 12.3 Å². The number of rotatable bonds is 6. The van der Waals surface area contributed by atoms with Crippen LogP contribution in [-0.2, 0) is 11.3 Å². The van der Waals surface area contributed by atoms with E-state index in [9.17, 15) is 4.79 Å². The van der Waals surface area contributed by atoms with Crippen LogP contribution in [0.1, 0.15) is 23.6 Å². The topological polar surface area (TPSA) is 72.6 Å². The quantitative estimate of drug-likeness (QED) is 0.450. The third kappa shape index (κ3) is 4.25. The van der Waals surface area contributed by atoms with Crippen LogP contribution in [0.4, 0.5) is 0 Å². The largest absolute Gasteiger partial charge is 0.497 e. The van der Waals surface area contributed by atoms with Gasteiger partial charge in [0, 0.05) is 30.6 Å². The molecule has 4 aromatic rings. The minimum absolute atomic E-state index is 0.0862. The van der Waals surface area contributed by atoms with Crippen LogP contribution in [0, 0.1) is 0 Å². The van der Waals surface area contributed by atoms with E-state index in [1.54, 1.807) is 35.4 Å². The second-order valence-corrected chi connectivity index (χ2v) is 7.75. The predicted octanol–water partition coefficient (Wildman–Crippen LogP) is 4.33. The molecule has 1 atom stereocenters. The number of methoxy groups -OCH3 is 1. The van der Waals surface area contributed by atoms with Crippen LogP contribution in [0.2, 0.25) is 0 Å². The third-order valence-corrected chi connectivity index (χ3v) is 5.75. The van der Waals surface area contributed by atoms with Gasteiger partial charge in [0.2, 0.25) is 0 Å². The number of pyridine rings is 1. The maximum absolute atomic E-state index is 13.5. The number of ether oxygens (including phenoxy) is 1. The fourth-order valence-corrected chi connectivity index (χ4v) is 4.06. The van der Waals surface area contributed by atoms with Gasteiger partial charge in [-0.1, -0.05) is 42.5 Å². The molecule has 0 bridgehead atoms. The minimum Gasteiger partial charge on any atom is -0.497 e. The lowest BCUT2D eigenvalue weighted by atomic mass is 9.98. The summed E-state index contributed by atoms with van der Waals surface area (Å²) < 4.78 is 7.00. The van der Waals surface area contributed by atoms with Crippen LogP contribution >= 0.6 is 0 Å². The molecule has 2 aromatic carbocycles. The SMILES string of the molecule is COc1ccc(C2CC(c3ccccc3)=NN2C(=O)Cn2nccc2-c2ccncc2)cc1. The molecule has 0 fully saturated rings. The van der Waals surface area contributed by atoms with Gasteiger partial charge in [0.05, 0.1) is 24.6 Å². The van der Waals surface area contributed by atoms with Crippen LogP contribution in [-0.4, -0.2) is 38.5 Å². The zero-order chi connectivity index (χ0) is 22.6. The van der Waals surface area contributed by atoms with Crippen molar-refractivity contribution in [2.24, 2.45) is 5.10 Å². The molecule has 1 aliphatic heterocycles. The van der Waals surface area contributed by atoms with Crippen molar-refractivity contribution in [3.05, 3.63) is 103 Å². The van der Waals surface area contributed by atoms with Crippen molar-refractivity contribution in [2.45, 2.75) is 19.0 Å². The molecule has 5 rings (SSSR count). The summed E-state index contributed by atoms with van der Waals surface area (Å²) >= 11 is 0. The summed E-state index contributed by atoms with van der Waals surface area (Å²) in [6.45, 7) is 0.0862. The van der Waals surface area contributed by atoms with Crippen molar-refractivity contribution < 1.29 is 9.53 Å². The summed E-state index contributed by atoms with van der Waals surface area (Å²) in [5.74, 6) is 0.651. The molecular formula is C26H23N5O2. The van der Waals surface area contributed by atoms with Gasteiger partial charge >= 0.3 is 0 Å². The Morgan fingerprint density at radius 2 is 1.70 bits per heavy atom. The van der Waals surface area contributed by atoms with Crippen molar-refractivity contribution >= 4 is 11.6 Å². The molecule has 164 valence electrons. The van der Waals surface area contributed by atoms with E-state index in [1.807, 2.05) is 72.8 Å². The Labute approximate surface area is 192 Å². The van der Waals surface area contributed by atoms with Crippen molar-refractivity contribution in [3.63, 3.8) is 0 Å². The van der Waals surface area contributed by atoms with Crippen molar-refractivity contribution in [1.82, 2.24) is 19.8 Å². The van der Waals surface area contributed by atoms with Gasteiger partial charge in [-0.2, -0.15) is 10.2 Å². The number of benzene rings is 2. The molecule has 1 unspecified atom stereocenters. The number of aromatic nitrogens is 3. The highest BCUT2D eigenvalue weighted by Gasteiger charge is 2.33. The molecule has 0 saturated carbocycles. The van der Waals surface area contributed by atoms with Gasteiger partial charge in [0.25, 0.3) is 5.91 Å². The van der Waals surface area contributed by atoms with E-state index in [-0.39, 0.29) is 18.5 Å². The van der Waals surface area contributed by atoms with Crippen LogP contribution in [0.25, 0.3) is 11.3 Å². The molecule has 7 heteroatoms. The molecule has 2 aromatic heterocycles. The second-order valence-electron chi connectivity index (χ2n) is 7.75. The summed E-state index contributed by atoms with van der Waals surface area (Å²) in [6, 6.07) is 23.3. The number of carbonyl (C=O) groups excluding carboxylic acids is 1. The number of nitrogens with zero attached hydrogens (tertiary/aromatic N) is 5. The van der Waals surface area contributed by atoms with Gasteiger partial charge in [-0.3, -0.25) is 14.5 Å². The molecule has 0 radical (unpaired) electrons. The molecule has 0 spiro atoms. The fraction of sp³-hybridized carbons (Fsp3) is 0.154. The Hall–Kier alpha value is -4.26. The summed E-state index contributed by atoms with van der Waals surface area (Å²) in [5.41, 5.74) is 4.73. The van der Waals surface area contributed by atoms with Crippen molar-refractivity contribution in [2.75, 3.05) is 7.11 Å². The monoisotopic (exact) mass is 437 g/mol. The fourth-order valence-electron chi connectivity index (χ4n) is 4.06. The van der Waals surface area contributed by atoms with E-state index < -0.39 is 0 Å². The highest BCUT2D eigenvalue weighted by molar-refractivity contribution is 6.03. The third-order valence-electron chi connectivity index (χ3n) is 5.75. The van der Waals surface area contributed by atoms with Crippen LogP contribution < -0.4 is 4.74 Å². The molecular weight excluding hydrogens is 414 g/mol. The zero-order valence-corrected chi connectivity index (χ0v) is 18.2. The molecule has 7 nitrogen and oxygen atoms in total. The number of hydrazone groups is 1. The predicted molar refractivity (Wildman–Crippen MR) is 126 cm³/mol. The number of carbonyl (C=O) groups is 1. The van der Waals surface area contributed by atoms with E-state index in [0.29, 0.717) is 6.42 Å². The second kappa shape index (κ2) is 9.08. The average Bonchev–Trinajstić information content (AvgIpc) is 3.53. The van der Waals surface area contributed by atoms with E-state index in [0.717, 1.165) is 33.8 Å². The lowest BCUT2D eigenvalue weighted by Gasteiger charge is -2.22.